The second kappa shape index (κ2) is 7.28. The highest BCUT2D eigenvalue weighted by Gasteiger charge is 2.19. The van der Waals surface area contributed by atoms with Crippen LogP contribution in [0.25, 0.3) is 0 Å². The Morgan fingerprint density at radius 1 is 1.41 bits per heavy atom. The Hall–Kier alpha value is -1.09. The van der Waals surface area contributed by atoms with Crippen molar-refractivity contribution in [3.05, 3.63) is 0 Å². The number of amides is 1. The maximum absolute atomic E-state index is 11.6. The van der Waals surface area contributed by atoms with Gasteiger partial charge in [0.15, 0.2) is 9.84 Å². The Bertz CT molecular complexity index is 382. The lowest BCUT2D eigenvalue weighted by Gasteiger charge is -2.15. The lowest BCUT2D eigenvalue weighted by atomic mass is 10.2. The molecule has 0 radical (unpaired) electrons. The molecule has 0 rings (SSSR count). The standard InChI is InChI=1S/C11H20N2O3S/c1-10(2)5-8-17(15,16)9-11(14)13(3)7-4-6-12/h10H,4-5,7-9H2,1-3H3. The van der Waals surface area contributed by atoms with E-state index >= 15 is 0 Å². The lowest BCUT2D eigenvalue weighted by Crippen LogP contribution is -2.34. The minimum atomic E-state index is -3.32. The van der Waals surface area contributed by atoms with Crippen LogP contribution in [0.15, 0.2) is 0 Å². The predicted molar refractivity (Wildman–Crippen MR) is 66.0 cm³/mol. The van der Waals surface area contributed by atoms with Gasteiger partial charge in [-0.3, -0.25) is 4.79 Å². The summed E-state index contributed by atoms with van der Waals surface area (Å²) in [5.41, 5.74) is 0. The van der Waals surface area contributed by atoms with Crippen molar-refractivity contribution in [1.82, 2.24) is 4.90 Å². The Kier molecular flexibility index (Phi) is 6.81. The van der Waals surface area contributed by atoms with E-state index in [2.05, 4.69) is 0 Å². The van der Waals surface area contributed by atoms with Gasteiger partial charge < -0.3 is 4.90 Å². The molecular weight excluding hydrogens is 240 g/mol. The monoisotopic (exact) mass is 260 g/mol. The van der Waals surface area contributed by atoms with Gasteiger partial charge in [-0.25, -0.2) is 8.42 Å². The van der Waals surface area contributed by atoms with E-state index in [1.807, 2.05) is 19.9 Å². The Morgan fingerprint density at radius 3 is 2.47 bits per heavy atom. The highest BCUT2D eigenvalue weighted by Crippen LogP contribution is 2.04. The molecule has 5 nitrogen and oxygen atoms in total. The summed E-state index contributed by atoms with van der Waals surface area (Å²) in [5, 5.41) is 8.37. The fourth-order valence-electron chi connectivity index (χ4n) is 1.13. The Balaban J connectivity index is 4.23. The van der Waals surface area contributed by atoms with Crippen LogP contribution < -0.4 is 0 Å². The summed E-state index contributed by atoms with van der Waals surface area (Å²) in [5.74, 6) is -0.551. The SMILES string of the molecule is CC(C)CCS(=O)(=O)CC(=O)N(C)CCC#N. The first-order valence-electron chi connectivity index (χ1n) is 5.60. The van der Waals surface area contributed by atoms with E-state index in [9.17, 15) is 13.2 Å². The number of nitriles is 1. The van der Waals surface area contributed by atoms with Gasteiger partial charge in [-0.15, -0.1) is 0 Å². The van der Waals surface area contributed by atoms with Crippen molar-refractivity contribution in [2.45, 2.75) is 26.7 Å². The Morgan fingerprint density at radius 2 is 2.00 bits per heavy atom. The zero-order valence-electron chi connectivity index (χ0n) is 10.6. The van der Waals surface area contributed by atoms with E-state index in [1.165, 1.54) is 11.9 Å². The number of rotatable bonds is 7. The lowest BCUT2D eigenvalue weighted by molar-refractivity contribution is -0.127. The van der Waals surface area contributed by atoms with Crippen LogP contribution >= 0.6 is 0 Å². The van der Waals surface area contributed by atoms with E-state index in [4.69, 9.17) is 5.26 Å². The second-order valence-corrected chi connectivity index (χ2v) is 6.68. The van der Waals surface area contributed by atoms with Gasteiger partial charge in [-0.05, 0) is 12.3 Å². The van der Waals surface area contributed by atoms with Crippen LogP contribution in [0.3, 0.4) is 0 Å². The van der Waals surface area contributed by atoms with Crippen LogP contribution in [-0.2, 0) is 14.6 Å². The van der Waals surface area contributed by atoms with Gasteiger partial charge in [0.1, 0.15) is 5.75 Å². The minimum absolute atomic E-state index is 0.0441. The van der Waals surface area contributed by atoms with E-state index in [-0.39, 0.29) is 18.7 Å². The second-order valence-electron chi connectivity index (χ2n) is 4.50. The smallest absolute Gasteiger partial charge is 0.237 e. The van der Waals surface area contributed by atoms with Crippen LogP contribution in [0, 0.1) is 17.2 Å². The molecule has 0 fully saturated rings. The van der Waals surface area contributed by atoms with Gasteiger partial charge in [-0.2, -0.15) is 5.26 Å². The normalized spacial score (nSPS) is 11.2. The van der Waals surface area contributed by atoms with Gasteiger partial charge in [0.05, 0.1) is 18.2 Å². The minimum Gasteiger partial charge on any atom is -0.344 e. The molecule has 6 heteroatoms. The molecule has 17 heavy (non-hydrogen) atoms. The number of hydrogen-bond donors (Lipinski definition) is 0. The van der Waals surface area contributed by atoms with Crippen LogP contribution in [0.4, 0.5) is 0 Å². The Labute approximate surface area is 103 Å². The van der Waals surface area contributed by atoms with E-state index < -0.39 is 21.5 Å². The van der Waals surface area contributed by atoms with Gasteiger partial charge >= 0.3 is 0 Å². The molecule has 0 heterocycles. The van der Waals surface area contributed by atoms with Crippen LogP contribution in [0.2, 0.25) is 0 Å². The van der Waals surface area contributed by atoms with Crippen molar-refractivity contribution in [3.63, 3.8) is 0 Å². The van der Waals surface area contributed by atoms with Crippen LogP contribution in [0.5, 0.6) is 0 Å². The first kappa shape index (κ1) is 15.9. The number of sulfone groups is 1. The van der Waals surface area contributed by atoms with Gasteiger partial charge in [0, 0.05) is 13.6 Å². The zero-order valence-corrected chi connectivity index (χ0v) is 11.5. The highest BCUT2D eigenvalue weighted by atomic mass is 32.2. The van der Waals surface area contributed by atoms with Crippen molar-refractivity contribution >= 4 is 15.7 Å². The van der Waals surface area contributed by atoms with Crippen molar-refractivity contribution in [1.29, 1.82) is 5.26 Å². The molecule has 0 aliphatic heterocycles. The fourth-order valence-corrected chi connectivity index (χ4v) is 2.70. The summed E-state index contributed by atoms with van der Waals surface area (Å²) < 4.78 is 23.2. The van der Waals surface area contributed by atoms with Crippen LogP contribution in [0.1, 0.15) is 26.7 Å². The summed E-state index contributed by atoms with van der Waals surface area (Å²) in [6.45, 7) is 4.15. The summed E-state index contributed by atoms with van der Waals surface area (Å²) in [6, 6.07) is 1.91. The molecule has 0 atom stereocenters. The van der Waals surface area contributed by atoms with E-state index in [1.54, 1.807) is 0 Å². The number of nitrogens with zero attached hydrogens (tertiary/aromatic N) is 2. The number of carbonyl (C=O) groups excluding carboxylic acids is 1. The molecule has 98 valence electrons. The van der Waals surface area contributed by atoms with Gasteiger partial charge in [-0.1, -0.05) is 13.8 Å². The quantitative estimate of drug-likeness (QED) is 0.679. The maximum Gasteiger partial charge on any atom is 0.237 e. The molecule has 0 unspecified atom stereocenters. The van der Waals surface area contributed by atoms with E-state index in [0.29, 0.717) is 12.3 Å². The van der Waals surface area contributed by atoms with Crippen molar-refractivity contribution in [3.8, 4) is 6.07 Å². The zero-order chi connectivity index (χ0) is 13.5. The fraction of sp³-hybridized carbons (Fsp3) is 0.818. The topological polar surface area (TPSA) is 78.2 Å². The molecule has 0 saturated carbocycles. The summed E-state index contributed by atoms with van der Waals surface area (Å²) in [6.07, 6.45) is 0.784. The summed E-state index contributed by atoms with van der Waals surface area (Å²) in [7, 11) is -1.81. The molecule has 0 saturated heterocycles. The third-order valence-electron chi connectivity index (χ3n) is 2.33. The molecular formula is C11H20N2O3S. The average Bonchev–Trinajstić information content (AvgIpc) is 2.22. The van der Waals surface area contributed by atoms with Gasteiger partial charge in [0.25, 0.3) is 0 Å². The highest BCUT2D eigenvalue weighted by molar-refractivity contribution is 7.92. The van der Waals surface area contributed by atoms with Crippen molar-refractivity contribution in [2.75, 3.05) is 25.1 Å². The first-order chi connectivity index (χ1) is 7.78. The molecule has 0 aliphatic carbocycles. The predicted octanol–water partition coefficient (Wildman–Crippen LogP) is 0.819. The summed E-state index contributed by atoms with van der Waals surface area (Å²) >= 11 is 0. The largest absolute Gasteiger partial charge is 0.344 e. The molecule has 0 aliphatic rings. The average molecular weight is 260 g/mol. The number of carbonyl (C=O) groups is 1. The third-order valence-corrected chi connectivity index (χ3v) is 3.88. The van der Waals surface area contributed by atoms with Crippen molar-refractivity contribution in [2.24, 2.45) is 5.92 Å². The molecule has 0 aromatic rings. The van der Waals surface area contributed by atoms with Crippen LogP contribution in [-0.4, -0.2) is 44.3 Å². The van der Waals surface area contributed by atoms with Crippen molar-refractivity contribution < 1.29 is 13.2 Å². The summed E-state index contributed by atoms with van der Waals surface area (Å²) in [4.78, 5) is 12.8. The molecule has 0 spiro atoms. The third kappa shape index (κ3) is 7.75. The van der Waals surface area contributed by atoms with E-state index in [0.717, 1.165) is 0 Å². The molecule has 0 aromatic carbocycles. The molecule has 0 bridgehead atoms. The molecule has 0 N–H and O–H groups in total. The maximum atomic E-state index is 11.6. The molecule has 0 aromatic heterocycles. The van der Waals surface area contributed by atoms with Gasteiger partial charge in [0.2, 0.25) is 5.91 Å². The first-order valence-corrected chi connectivity index (χ1v) is 7.42. The molecule has 1 amide bonds. The number of hydrogen-bond acceptors (Lipinski definition) is 4.